The van der Waals surface area contributed by atoms with E-state index < -0.39 is 40.1 Å². The molecule has 0 radical (unpaired) electrons. The highest BCUT2D eigenvalue weighted by Crippen LogP contribution is 2.40. The van der Waals surface area contributed by atoms with Crippen molar-refractivity contribution in [3.8, 4) is 5.75 Å². The number of rotatable bonds is 6. The van der Waals surface area contributed by atoms with Crippen LogP contribution in [0.5, 0.6) is 5.75 Å². The van der Waals surface area contributed by atoms with Gasteiger partial charge in [0.25, 0.3) is 11.1 Å². The third-order valence-corrected chi connectivity index (χ3v) is 6.54. The fraction of sp³-hybridized carbons (Fsp3) is 0.476. The summed E-state index contributed by atoms with van der Waals surface area (Å²) in [5.41, 5.74) is -3.16. The van der Waals surface area contributed by atoms with Crippen LogP contribution in [0.1, 0.15) is 53.4 Å². The number of carbonyl (C=O) groups is 2. The molecule has 2 aromatic heterocycles. The van der Waals surface area contributed by atoms with Gasteiger partial charge >= 0.3 is 6.18 Å². The maximum atomic E-state index is 13.5. The Hall–Kier alpha value is -2.13. The molecule has 31 heavy (non-hydrogen) atoms. The molecule has 1 saturated heterocycles. The lowest BCUT2D eigenvalue weighted by Crippen LogP contribution is -2.64. The fourth-order valence-electron chi connectivity index (χ4n) is 4.03. The minimum absolute atomic E-state index is 0.188. The number of ether oxygens (including phenoxy) is 1. The Morgan fingerprint density at radius 2 is 2.16 bits per heavy atom. The summed E-state index contributed by atoms with van der Waals surface area (Å²) >= 11 is 7.46. The zero-order valence-corrected chi connectivity index (χ0v) is 18.6. The minimum atomic E-state index is -4.71. The number of halogens is 4. The van der Waals surface area contributed by atoms with Gasteiger partial charge in [0.1, 0.15) is 5.75 Å². The smallest absolute Gasteiger partial charge is 0.417 e. The Bertz CT molecular complexity index is 965. The topological polar surface area (TPSA) is 59.5 Å². The van der Waals surface area contributed by atoms with Crippen LogP contribution >= 0.6 is 22.9 Å². The van der Waals surface area contributed by atoms with Gasteiger partial charge in [-0.25, -0.2) is 0 Å². The van der Waals surface area contributed by atoms with Crippen molar-refractivity contribution in [2.75, 3.05) is 6.54 Å². The van der Waals surface area contributed by atoms with Crippen molar-refractivity contribution in [3.05, 3.63) is 45.9 Å². The standard InChI is InChI=1S/C21H22ClF3N2O3S/c1-3-5-17-20(19(22)29,30-14-10-13(2)31-12-14)7-4-9-27(17)18(28)15-11-26-8-6-16(15)21(23,24)25/h6,8,10-12,17H,3-5,7,9H2,1-2H3/t17-,20+/m1/s1. The first-order valence-corrected chi connectivity index (χ1v) is 11.1. The second-order valence-electron chi connectivity index (χ2n) is 7.48. The van der Waals surface area contributed by atoms with Crippen LogP contribution in [0.25, 0.3) is 0 Å². The van der Waals surface area contributed by atoms with E-state index in [4.69, 9.17) is 16.3 Å². The number of alkyl halides is 3. The predicted molar refractivity (Wildman–Crippen MR) is 111 cm³/mol. The number of hydrogen-bond acceptors (Lipinski definition) is 5. The van der Waals surface area contributed by atoms with Gasteiger partial charge in [0.15, 0.2) is 0 Å². The summed E-state index contributed by atoms with van der Waals surface area (Å²) in [5.74, 6) is -0.393. The molecule has 1 fully saturated rings. The van der Waals surface area contributed by atoms with Gasteiger partial charge in [0.05, 0.1) is 17.2 Å². The average molecular weight is 475 g/mol. The molecule has 5 nitrogen and oxygen atoms in total. The zero-order chi connectivity index (χ0) is 22.8. The van der Waals surface area contributed by atoms with Gasteiger partial charge in [-0.3, -0.25) is 14.6 Å². The van der Waals surface area contributed by atoms with Gasteiger partial charge in [-0.15, -0.1) is 11.3 Å². The number of likely N-dealkylation sites (tertiary alicyclic amines) is 1. The van der Waals surface area contributed by atoms with Crippen LogP contribution in [0.4, 0.5) is 13.2 Å². The summed E-state index contributed by atoms with van der Waals surface area (Å²) in [5, 5.41) is 0.971. The highest BCUT2D eigenvalue weighted by Gasteiger charge is 2.53. The second kappa shape index (κ2) is 9.16. The Morgan fingerprint density at radius 3 is 2.74 bits per heavy atom. The monoisotopic (exact) mass is 474 g/mol. The molecule has 0 spiro atoms. The van der Waals surface area contributed by atoms with Crippen molar-refractivity contribution < 1.29 is 27.5 Å². The van der Waals surface area contributed by atoms with E-state index in [1.165, 1.54) is 16.2 Å². The van der Waals surface area contributed by atoms with Crippen LogP contribution < -0.4 is 4.74 Å². The lowest BCUT2D eigenvalue weighted by Gasteiger charge is -2.47. The first kappa shape index (κ1) is 23.5. The highest BCUT2D eigenvalue weighted by atomic mass is 35.5. The number of nitrogens with zero attached hydrogens (tertiary/aromatic N) is 2. The van der Waals surface area contributed by atoms with Crippen LogP contribution in [0.3, 0.4) is 0 Å². The van der Waals surface area contributed by atoms with Crippen molar-refractivity contribution >= 4 is 34.1 Å². The van der Waals surface area contributed by atoms with Gasteiger partial charge in [-0.2, -0.15) is 13.2 Å². The van der Waals surface area contributed by atoms with Crippen molar-refractivity contribution in [1.82, 2.24) is 9.88 Å². The van der Waals surface area contributed by atoms with Crippen LogP contribution in [-0.2, 0) is 11.0 Å². The molecule has 0 aromatic carbocycles. The van der Waals surface area contributed by atoms with Gasteiger partial charge in [0.2, 0.25) is 5.60 Å². The molecular weight excluding hydrogens is 453 g/mol. The molecular formula is C21H22ClF3N2O3S. The summed E-state index contributed by atoms with van der Waals surface area (Å²) in [6, 6.07) is 1.72. The Labute approximate surface area is 187 Å². The molecule has 1 aliphatic rings. The van der Waals surface area contributed by atoms with Crippen LogP contribution in [0, 0.1) is 6.92 Å². The molecule has 0 aliphatic carbocycles. The van der Waals surface area contributed by atoms with Crippen LogP contribution in [0.15, 0.2) is 29.9 Å². The molecule has 0 saturated carbocycles. The minimum Gasteiger partial charge on any atom is -0.475 e. The summed E-state index contributed by atoms with van der Waals surface area (Å²) in [6.07, 6.45) is -1.27. The molecule has 1 amide bonds. The summed E-state index contributed by atoms with van der Waals surface area (Å²) < 4.78 is 46.6. The molecule has 2 aromatic rings. The highest BCUT2D eigenvalue weighted by molar-refractivity contribution is 7.10. The lowest BCUT2D eigenvalue weighted by atomic mass is 9.82. The van der Waals surface area contributed by atoms with Crippen molar-refractivity contribution in [3.63, 3.8) is 0 Å². The molecule has 2 atom stereocenters. The van der Waals surface area contributed by atoms with Gasteiger partial charge in [-0.05, 0) is 49.9 Å². The average Bonchev–Trinajstić information content (AvgIpc) is 3.12. The van der Waals surface area contributed by atoms with E-state index in [1.807, 2.05) is 13.8 Å². The SMILES string of the molecule is CCC[C@H]1N(C(=O)c2cnccc2C(F)(F)F)CCC[C@@]1(Oc1csc(C)c1)C(=O)Cl. The normalized spacial score (nSPS) is 21.7. The van der Waals surface area contributed by atoms with Crippen molar-refractivity contribution in [2.24, 2.45) is 0 Å². The molecule has 168 valence electrons. The number of hydrogen-bond donors (Lipinski definition) is 0. The lowest BCUT2D eigenvalue weighted by molar-refractivity contribution is -0.139. The first-order valence-electron chi connectivity index (χ1n) is 9.86. The number of carbonyl (C=O) groups excluding carboxylic acids is 2. The summed E-state index contributed by atoms with van der Waals surface area (Å²) in [4.78, 5) is 31.9. The quantitative estimate of drug-likeness (QED) is 0.522. The van der Waals surface area contributed by atoms with E-state index in [-0.39, 0.29) is 13.0 Å². The van der Waals surface area contributed by atoms with E-state index in [2.05, 4.69) is 4.98 Å². The van der Waals surface area contributed by atoms with E-state index in [1.54, 1.807) is 11.4 Å². The summed E-state index contributed by atoms with van der Waals surface area (Å²) in [6.45, 7) is 3.93. The van der Waals surface area contributed by atoms with Crippen molar-refractivity contribution in [1.29, 1.82) is 0 Å². The first-order chi connectivity index (χ1) is 14.6. The molecule has 0 unspecified atom stereocenters. The number of thiophene rings is 1. The molecule has 3 heterocycles. The molecule has 3 rings (SSSR count). The Balaban J connectivity index is 2.04. The van der Waals surface area contributed by atoms with Crippen LogP contribution in [0.2, 0.25) is 0 Å². The summed E-state index contributed by atoms with van der Waals surface area (Å²) in [7, 11) is 0. The number of aromatic nitrogens is 1. The largest absolute Gasteiger partial charge is 0.475 e. The Kier molecular flexibility index (Phi) is 6.95. The van der Waals surface area contributed by atoms with E-state index in [9.17, 15) is 22.8 Å². The van der Waals surface area contributed by atoms with E-state index in [0.717, 1.165) is 23.3 Å². The van der Waals surface area contributed by atoms with E-state index >= 15 is 0 Å². The molecule has 0 bridgehead atoms. The molecule has 0 N–H and O–H groups in total. The van der Waals surface area contributed by atoms with Crippen molar-refractivity contribution in [2.45, 2.75) is 57.3 Å². The predicted octanol–water partition coefficient (Wildman–Crippen LogP) is 5.46. The van der Waals surface area contributed by atoms with E-state index in [0.29, 0.717) is 25.0 Å². The third kappa shape index (κ3) is 4.72. The second-order valence-corrected chi connectivity index (χ2v) is 8.94. The van der Waals surface area contributed by atoms with Crippen LogP contribution in [-0.4, -0.2) is 39.2 Å². The number of piperidine rings is 1. The third-order valence-electron chi connectivity index (χ3n) is 5.38. The number of aryl methyl sites for hydroxylation is 1. The number of pyridine rings is 1. The maximum Gasteiger partial charge on any atom is 0.417 e. The van der Waals surface area contributed by atoms with Gasteiger partial charge in [-0.1, -0.05) is 13.3 Å². The maximum absolute atomic E-state index is 13.5. The zero-order valence-electron chi connectivity index (χ0n) is 17.0. The fourth-order valence-corrected chi connectivity index (χ4v) is 4.89. The molecule has 10 heteroatoms. The van der Waals surface area contributed by atoms with Gasteiger partial charge in [0, 0.05) is 29.2 Å². The Morgan fingerprint density at radius 1 is 1.42 bits per heavy atom. The van der Waals surface area contributed by atoms with Gasteiger partial charge < -0.3 is 9.64 Å². The number of amides is 1. The molecule has 1 aliphatic heterocycles.